The molecule has 0 aliphatic rings. The van der Waals surface area contributed by atoms with Gasteiger partial charge in [-0.2, -0.15) is 13.2 Å². The van der Waals surface area contributed by atoms with Gasteiger partial charge in [0, 0.05) is 25.0 Å². The largest absolute Gasteiger partial charge is 0.418 e. The van der Waals surface area contributed by atoms with Crippen molar-refractivity contribution in [2.75, 3.05) is 17.7 Å². The van der Waals surface area contributed by atoms with Gasteiger partial charge in [-0.15, -0.1) is 0 Å². The number of para-hydroxylation sites is 2. The van der Waals surface area contributed by atoms with Crippen molar-refractivity contribution in [3.05, 3.63) is 59.7 Å². The zero-order valence-corrected chi connectivity index (χ0v) is 11.0. The third-order valence-electron chi connectivity index (χ3n) is 3.08. The zero-order valence-electron chi connectivity index (χ0n) is 11.0. The van der Waals surface area contributed by atoms with Crippen LogP contribution in [-0.2, 0) is 12.7 Å². The first kappa shape index (κ1) is 14.2. The number of nitrogen functional groups attached to an aromatic ring is 1. The van der Waals surface area contributed by atoms with Crippen molar-refractivity contribution in [3.63, 3.8) is 0 Å². The van der Waals surface area contributed by atoms with E-state index in [9.17, 15) is 13.2 Å². The van der Waals surface area contributed by atoms with Gasteiger partial charge in [-0.3, -0.25) is 0 Å². The first-order valence-corrected chi connectivity index (χ1v) is 6.10. The van der Waals surface area contributed by atoms with E-state index in [1.807, 2.05) is 12.1 Å². The van der Waals surface area contributed by atoms with Crippen LogP contribution in [0, 0.1) is 0 Å². The highest BCUT2D eigenvalue weighted by atomic mass is 19.4. The molecule has 0 aliphatic carbocycles. The second kappa shape index (κ2) is 5.45. The predicted octanol–water partition coefficient (Wildman–Crippen LogP) is 3.92. The highest BCUT2D eigenvalue weighted by Gasteiger charge is 2.34. The Hall–Kier alpha value is -2.17. The average molecular weight is 280 g/mol. The minimum atomic E-state index is -4.37. The van der Waals surface area contributed by atoms with Crippen molar-refractivity contribution in [1.29, 1.82) is 0 Å². The van der Waals surface area contributed by atoms with Crippen molar-refractivity contribution in [2.24, 2.45) is 0 Å². The summed E-state index contributed by atoms with van der Waals surface area (Å²) < 4.78 is 38.9. The lowest BCUT2D eigenvalue weighted by Gasteiger charge is -2.24. The van der Waals surface area contributed by atoms with E-state index < -0.39 is 11.7 Å². The highest BCUT2D eigenvalue weighted by Crippen LogP contribution is 2.36. The van der Waals surface area contributed by atoms with Gasteiger partial charge in [0.2, 0.25) is 0 Å². The van der Waals surface area contributed by atoms with E-state index in [4.69, 9.17) is 5.73 Å². The molecule has 106 valence electrons. The van der Waals surface area contributed by atoms with Crippen molar-refractivity contribution in [2.45, 2.75) is 12.7 Å². The van der Waals surface area contributed by atoms with Crippen LogP contribution in [0.3, 0.4) is 0 Å². The molecule has 0 heterocycles. The SMILES string of the molecule is CN(Cc1ccccc1N)c1ccccc1C(F)(F)F. The summed E-state index contributed by atoms with van der Waals surface area (Å²) in [4.78, 5) is 1.55. The molecule has 0 saturated carbocycles. The van der Waals surface area contributed by atoms with Gasteiger partial charge in [-0.25, -0.2) is 0 Å². The van der Waals surface area contributed by atoms with Gasteiger partial charge in [0.1, 0.15) is 0 Å². The van der Waals surface area contributed by atoms with E-state index in [-0.39, 0.29) is 5.69 Å². The Morgan fingerprint density at radius 1 is 1.00 bits per heavy atom. The number of alkyl halides is 3. The summed E-state index contributed by atoms with van der Waals surface area (Å²) in [6.45, 7) is 0.319. The van der Waals surface area contributed by atoms with Crippen LogP contribution in [-0.4, -0.2) is 7.05 Å². The highest BCUT2D eigenvalue weighted by molar-refractivity contribution is 5.56. The zero-order chi connectivity index (χ0) is 14.8. The van der Waals surface area contributed by atoms with Crippen LogP contribution in [0.4, 0.5) is 24.5 Å². The Morgan fingerprint density at radius 2 is 1.60 bits per heavy atom. The summed E-state index contributed by atoms with van der Waals surface area (Å²) in [5.41, 5.74) is 6.69. The molecule has 0 amide bonds. The van der Waals surface area contributed by atoms with Crippen LogP contribution in [0.2, 0.25) is 0 Å². The summed E-state index contributed by atoms with van der Waals surface area (Å²) >= 11 is 0. The number of halogens is 3. The van der Waals surface area contributed by atoms with Crippen LogP contribution < -0.4 is 10.6 Å². The molecule has 2 rings (SSSR count). The van der Waals surface area contributed by atoms with E-state index in [1.165, 1.54) is 12.1 Å². The summed E-state index contributed by atoms with van der Waals surface area (Å²) in [5.74, 6) is 0. The van der Waals surface area contributed by atoms with Gasteiger partial charge in [0.15, 0.2) is 0 Å². The third kappa shape index (κ3) is 3.04. The molecule has 0 aromatic heterocycles. The smallest absolute Gasteiger partial charge is 0.398 e. The number of nitrogens with two attached hydrogens (primary N) is 1. The van der Waals surface area contributed by atoms with Crippen LogP contribution in [0.25, 0.3) is 0 Å². The van der Waals surface area contributed by atoms with E-state index in [2.05, 4.69) is 0 Å². The monoisotopic (exact) mass is 280 g/mol. The minimum Gasteiger partial charge on any atom is -0.398 e. The molecule has 0 radical (unpaired) electrons. The van der Waals surface area contributed by atoms with E-state index in [0.29, 0.717) is 12.2 Å². The first-order chi connectivity index (χ1) is 9.39. The summed E-state index contributed by atoms with van der Waals surface area (Å²) in [6.07, 6.45) is -4.37. The summed E-state index contributed by atoms with van der Waals surface area (Å²) in [5, 5.41) is 0. The maximum Gasteiger partial charge on any atom is 0.418 e. The fraction of sp³-hybridized carbons (Fsp3) is 0.200. The Labute approximate surface area is 115 Å². The van der Waals surface area contributed by atoms with Gasteiger partial charge in [0.25, 0.3) is 0 Å². The topological polar surface area (TPSA) is 29.3 Å². The van der Waals surface area contributed by atoms with Crippen LogP contribution in [0.15, 0.2) is 48.5 Å². The molecule has 20 heavy (non-hydrogen) atoms. The van der Waals surface area contributed by atoms with Gasteiger partial charge < -0.3 is 10.6 Å². The van der Waals surface area contributed by atoms with Crippen molar-refractivity contribution >= 4 is 11.4 Å². The maximum atomic E-state index is 13.0. The van der Waals surface area contributed by atoms with Crippen molar-refractivity contribution in [3.8, 4) is 0 Å². The molecule has 0 aliphatic heterocycles. The molecule has 0 fully saturated rings. The summed E-state index contributed by atoms with van der Waals surface area (Å²) in [7, 11) is 1.62. The quantitative estimate of drug-likeness (QED) is 0.863. The summed E-state index contributed by atoms with van der Waals surface area (Å²) in [6, 6.07) is 12.7. The molecule has 0 atom stereocenters. The van der Waals surface area contributed by atoms with Crippen LogP contribution in [0.1, 0.15) is 11.1 Å². The standard InChI is InChI=1S/C15H15F3N2/c1-20(10-11-6-2-4-8-13(11)19)14-9-5-3-7-12(14)15(16,17)18/h2-9H,10,19H2,1H3. The molecule has 0 unspecified atom stereocenters. The van der Waals surface area contributed by atoms with Crippen molar-refractivity contribution < 1.29 is 13.2 Å². The molecular weight excluding hydrogens is 265 g/mol. The molecule has 2 aromatic carbocycles. The predicted molar refractivity (Wildman–Crippen MR) is 74.4 cm³/mol. The second-order valence-corrected chi connectivity index (χ2v) is 4.57. The Kier molecular flexibility index (Phi) is 3.88. The van der Waals surface area contributed by atoms with Gasteiger partial charge >= 0.3 is 6.18 Å². The Balaban J connectivity index is 2.31. The first-order valence-electron chi connectivity index (χ1n) is 6.10. The normalized spacial score (nSPS) is 11.4. The number of benzene rings is 2. The molecule has 0 bridgehead atoms. The third-order valence-corrected chi connectivity index (χ3v) is 3.08. The van der Waals surface area contributed by atoms with Gasteiger partial charge in [0.05, 0.1) is 5.56 Å². The van der Waals surface area contributed by atoms with Gasteiger partial charge in [-0.1, -0.05) is 30.3 Å². The molecule has 2 aromatic rings. The number of hydrogen-bond donors (Lipinski definition) is 1. The Morgan fingerprint density at radius 3 is 2.25 bits per heavy atom. The van der Waals surface area contributed by atoms with Gasteiger partial charge in [-0.05, 0) is 23.8 Å². The number of anilines is 2. The molecule has 5 heteroatoms. The fourth-order valence-corrected chi connectivity index (χ4v) is 2.07. The lowest BCUT2D eigenvalue weighted by atomic mass is 10.1. The van der Waals surface area contributed by atoms with E-state index >= 15 is 0 Å². The fourth-order valence-electron chi connectivity index (χ4n) is 2.07. The van der Waals surface area contributed by atoms with E-state index in [0.717, 1.165) is 11.6 Å². The van der Waals surface area contributed by atoms with Crippen molar-refractivity contribution in [1.82, 2.24) is 0 Å². The molecular formula is C15H15F3N2. The average Bonchev–Trinajstić information content (AvgIpc) is 2.40. The molecule has 0 spiro atoms. The number of hydrogen-bond acceptors (Lipinski definition) is 2. The Bertz CT molecular complexity index is 594. The second-order valence-electron chi connectivity index (χ2n) is 4.57. The molecule has 2 nitrogen and oxygen atoms in total. The maximum absolute atomic E-state index is 13.0. The minimum absolute atomic E-state index is 0.142. The lowest BCUT2D eigenvalue weighted by molar-refractivity contribution is -0.137. The molecule has 0 saturated heterocycles. The number of rotatable bonds is 3. The molecule has 2 N–H and O–H groups in total. The number of nitrogens with zero attached hydrogens (tertiary/aromatic N) is 1. The van der Waals surface area contributed by atoms with Crippen LogP contribution in [0.5, 0.6) is 0 Å². The lowest BCUT2D eigenvalue weighted by Crippen LogP contribution is -2.21. The van der Waals surface area contributed by atoms with E-state index in [1.54, 1.807) is 30.1 Å². The van der Waals surface area contributed by atoms with Crippen LogP contribution >= 0.6 is 0 Å².